The number of halogens is 1. The van der Waals surface area contributed by atoms with E-state index in [1.807, 2.05) is 0 Å². The fourth-order valence-electron chi connectivity index (χ4n) is 2.33. The van der Waals surface area contributed by atoms with E-state index in [0.717, 1.165) is 36.1 Å². The molecule has 1 saturated carbocycles. The molecule has 1 aromatic heterocycles. The van der Waals surface area contributed by atoms with Gasteiger partial charge in [0.25, 0.3) is 0 Å². The minimum absolute atomic E-state index is 0.720. The largest absolute Gasteiger partial charge is 0.144 e. The molecule has 1 heterocycles. The maximum absolute atomic E-state index is 5.67. The highest BCUT2D eigenvalue weighted by Gasteiger charge is 2.16. The molecule has 1 fully saturated rings. The molecule has 0 saturated heterocycles. The van der Waals surface area contributed by atoms with E-state index in [-0.39, 0.29) is 0 Å². The minimum atomic E-state index is 0.720. The zero-order valence-electron chi connectivity index (χ0n) is 9.62. The lowest BCUT2D eigenvalue weighted by Gasteiger charge is -2.19. The maximum atomic E-state index is 5.67. The van der Waals surface area contributed by atoms with Gasteiger partial charge in [0, 0.05) is 18.7 Å². The average Bonchev–Trinajstić information content (AvgIpc) is 2.75. The van der Waals surface area contributed by atoms with Gasteiger partial charge in [-0.05, 0) is 12.3 Å². The van der Waals surface area contributed by atoms with Crippen LogP contribution in [0.5, 0.6) is 0 Å². The van der Waals surface area contributed by atoms with E-state index < -0.39 is 0 Å². The molecule has 2 rings (SSSR count). The summed E-state index contributed by atoms with van der Waals surface area (Å²) in [6.45, 7) is 0. The molecule has 4 heteroatoms. The van der Waals surface area contributed by atoms with Crippen molar-refractivity contribution >= 4 is 22.9 Å². The van der Waals surface area contributed by atoms with Crippen LogP contribution < -0.4 is 0 Å². The third-order valence-electron chi connectivity index (χ3n) is 3.22. The molecule has 0 atom stereocenters. The molecule has 1 aromatic rings. The summed E-state index contributed by atoms with van der Waals surface area (Å²) in [4.78, 5) is 0. The van der Waals surface area contributed by atoms with Gasteiger partial charge in [0.15, 0.2) is 0 Å². The Morgan fingerprint density at radius 1 is 1.12 bits per heavy atom. The first-order valence-electron chi connectivity index (χ1n) is 6.25. The quantitative estimate of drug-likeness (QED) is 0.750. The van der Waals surface area contributed by atoms with Crippen LogP contribution in [0, 0.1) is 5.92 Å². The number of rotatable bonds is 5. The molecule has 2 nitrogen and oxygen atoms in total. The molecule has 1 aliphatic carbocycles. The summed E-state index contributed by atoms with van der Waals surface area (Å²) < 4.78 is 0. The minimum Gasteiger partial charge on any atom is -0.144 e. The monoisotopic (exact) mass is 258 g/mol. The zero-order valence-corrected chi connectivity index (χ0v) is 11.2. The number of hydrogen-bond acceptors (Lipinski definition) is 3. The first-order chi connectivity index (χ1) is 7.88. The van der Waals surface area contributed by atoms with Crippen molar-refractivity contribution in [3.63, 3.8) is 0 Å². The Hall–Kier alpha value is -0.150. The van der Waals surface area contributed by atoms with Gasteiger partial charge < -0.3 is 0 Å². The van der Waals surface area contributed by atoms with Crippen LogP contribution in [0.3, 0.4) is 0 Å². The van der Waals surface area contributed by atoms with E-state index in [0.29, 0.717) is 0 Å². The topological polar surface area (TPSA) is 25.8 Å². The van der Waals surface area contributed by atoms with Crippen molar-refractivity contribution in [2.24, 2.45) is 5.92 Å². The number of aryl methyl sites for hydroxylation is 1. The number of hydrogen-bond donors (Lipinski definition) is 0. The third kappa shape index (κ3) is 3.70. The lowest BCUT2D eigenvalue weighted by Crippen LogP contribution is -2.08. The number of aromatic nitrogens is 2. The predicted molar refractivity (Wildman–Crippen MR) is 69.2 cm³/mol. The molecule has 0 N–H and O–H groups in total. The van der Waals surface area contributed by atoms with Crippen molar-refractivity contribution in [1.82, 2.24) is 10.2 Å². The van der Waals surface area contributed by atoms with Crippen molar-refractivity contribution < 1.29 is 0 Å². The zero-order chi connectivity index (χ0) is 11.2. The highest BCUT2D eigenvalue weighted by molar-refractivity contribution is 7.11. The summed E-state index contributed by atoms with van der Waals surface area (Å²) in [5, 5.41) is 10.9. The van der Waals surface area contributed by atoms with Crippen LogP contribution in [0.4, 0.5) is 0 Å². The van der Waals surface area contributed by atoms with Crippen LogP contribution in [-0.4, -0.2) is 16.1 Å². The predicted octanol–water partition coefficient (Wildman–Crippen LogP) is 3.83. The Kier molecular flexibility index (Phi) is 5.04. The molecule has 0 aliphatic heterocycles. The highest BCUT2D eigenvalue weighted by Crippen LogP contribution is 2.27. The fraction of sp³-hybridized carbons (Fsp3) is 0.833. The van der Waals surface area contributed by atoms with Gasteiger partial charge in [-0.2, -0.15) is 0 Å². The Balaban J connectivity index is 1.81. The van der Waals surface area contributed by atoms with Crippen molar-refractivity contribution in [1.29, 1.82) is 0 Å². The van der Waals surface area contributed by atoms with Crippen molar-refractivity contribution in [3.8, 4) is 0 Å². The van der Waals surface area contributed by atoms with Crippen LogP contribution in [0.15, 0.2) is 0 Å². The summed E-state index contributed by atoms with van der Waals surface area (Å²) in [5.41, 5.74) is 0. The van der Waals surface area contributed by atoms with Gasteiger partial charge in [-0.25, -0.2) is 0 Å². The van der Waals surface area contributed by atoms with Crippen molar-refractivity contribution in [2.75, 3.05) is 5.88 Å². The Morgan fingerprint density at radius 3 is 2.62 bits per heavy atom. The second-order valence-corrected chi connectivity index (χ2v) is 6.11. The van der Waals surface area contributed by atoms with Gasteiger partial charge >= 0.3 is 0 Å². The van der Waals surface area contributed by atoms with Gasteiger partial charge in [0.1, 0.15) is 10.0 Å². The van der Waals surface area contributed by atoms with Crippen LogP contribution in [0.2, 0.25) is 0 Å². The molecule has 16 heavy (non-hydrogen) atoms. The molecule has 90 valence electrons. The Morgan fingerprint density at radius 2 is 1.88 bits per heavy atom. The Labute approximate surface area is 106 Å². The van der Waals surface area contributed by atoms with Gasteiger partial charge in [0.2, 0.25) is 0 Å². The van der Waals surface area contributed by atoms with Crippen LogP contribution in [0.1, 0.15) is 48.5 Å². The van der Waals surface area contributed by atoms with E-state index in [9.17, 15) is 0 Å². The second kappa shape index (κ2) is 6.55. The van der Waals surface area contributed by atoms with Gasteiger partial charge in [-0.1, -0.05) is 32.1 Å². The summed E-state index contributed by atoms with van der Waals surface area (Å²) in [7, 11) is 0. The van der Waals surface area contributed by atoms with E-state index in [2.05, 4.69) is 10.2 Å². The fourth-order valence-corrected chi connectivity index (χ4v) is 3.46. The lowest BCUT2D eigenvalue weighted by atomic mass is 9.87. The molecule has 0 bridgehead atoms. The summed E-state index contributed by atoms with van der Waals surface area (Å²) in [6.07, 6.45) is 10.2. The molecular formula is C12H19ClN2S. The van der Waals surface area contributed by atoms with E-state index in [1.165, 1.54) is 37.1 Å². The van der Waals surface area contributed by atoms with E-state index in [1.54, 1.807) is 11.3 Å². The van der Waals surface area contributed by atoms with Gasteiger partial charge in [-0.15, -0.1) is 33.1 Å². The summed E-state index contributed by atoms with van der Waals surface area (Å²) >= 11 is 7.46. The standard InChI is InChI=1S/C12H19ClN2S/c13-8-4-7-11-14-15-12(16-11)9-10-5-2-1-3-6-10/h10H,1-9H2. The normalized spacial score (nSPS) is 17.8. The number of nitrogens with zero attached hydrogens (tertiary/aromatic N) is 2. The van der Waals surface area contributed by atoms with Crippen molar-refractivity contribution in [3.05, 3.63) is 10.0 Å². The number of alkyl halides is 1. The molecule has 0 amide bonds. The van der Waals surface area contributed by atoms with Crippen LogP contribution in [0.25, 0.3) is 0 Å². The smallest absolute Gasteiger partial charge is 0.117 e. The molecular weight excluding hydrogens is 240 g/mol. The molecule has 0 radical (unpaired) electrons. The maximum Gasteiger partial charge on any atom is 0.117 e. The SMILES string of the molecule is ClCCCc1nnc(CC2CCCCC2)s1. The lowest BCUT2D eigenvalue weighted by molar-refractivity contribution is 0.356. The highest BCUT2D eigenvalue weighted by atomic mass is 35.5. The molecule has 1 aliphatic rings. The van der Waals surface area contributed by atoms with E-state index in [4.69, 9.17) is 11.6 Å². The molecule has 0 spiro atoms. The molecule has 0 unspecified atom stereocenters. The summed E-state index contributed by atoms with van der Waals surface area (Å²) in [5.74, 6) is 1.58. The first kappa shape index (κ1) is 12.3. The van der Waals surface area contributed by atoms with Gasteiger partial charge in [-0.3, -0.25) is 0 Å². The second-order valence-electron chi connectivity index (χ2n) is 4.59. The Bertz CT molecular complexity index is 308. The van der Waals surface area contributed by atoms with Crippen LogP contribution >= 0.6 is 22.9 Å². The van der Waals surface area contributed by atoms with Crippen molar-refractivity contribution in [2.45, 2.75) is 51.4 Å². The first-order valence-corrected chi connectivity index (χ1v) is 7.61. The van der Waals surface area contributed by atoms with Crippen LogP contribution in [-0.2, 0) is 12.8 Å². The molecule has 0 aromatic carbocycles. The van der Waals surface area contributed by atoms with Gasteiger partial charge in [0.05, 0.1) is 0 Å². The average molecular weight is 259 g/mol. The van der Waals surface area contributed by atoms with E-state index >= 15 is 0 Å². The summed E-state index contributed by atoms with van der Waals surface area (Å²) in [6, 6.07) is 0. The third-order valence-corrected chi connectivity index (χ3v) is 4.49.